The Morgan fingerprint density at radius 2 is 2.23 bits per heavy atom. The summed E-state index contributed by atoms with van der Waals surface area (Å²) in [6, 6.07) is 4.10. The molecule has 0 radical (unpaired) electrons. The SMILES string of the molecule is CCc1ccc(C=S)c(OP)c1C. The Morgan fingerprint density at radius 3 is 2.69 bits per heavy atom. The summed E-state index contributed by atoms with van der Waals surface area (Å²) in [6.45, 7) is 4.19. The topological polar surface area (TPSA) is 9.23 Å². The fraction of sp³-hybridized carbons (Fsp3) is 0.300. The highest BCUT2D eigenvalue weighted by Crippen LogP contribution is 2.27. The highest BCUT2D eigenvalue weighted by molar-refractivity contribution is 7.79. The van der Waals surface area contributed by atoms with Crippen LogP contribution in [0, 0.1) is 6.92 Å². The molecule has 3 heteroatoms. The molecule has 0 aromatic heterocycles. The summed E-state index contributed by atoms with van der Waals surface area (Å²) in [5.41, 5.74) is 3.45. The lowest BCUT2D eigenvalue weighted by atomic mass is 10.0. The van der Waals surface area contributed by atoms with Crippen LogP contribution in [0.15, 0.2) is 12.1 Å². The second kappa shape index (κ2) is 4.69. The van der Waals surface area contributed by atoms with Gasteiger partial charge in [-0.05, 0) is 24.5 Å². The van der Waals surface area contributed by atoms with Gasteiger partial charge in [0.1, 0.15) is 5.75 Å². The average molecular weight is 212 g/mol. The molecular formula is C10H13OPS. The molecule has 1 atom stereocenters. The van der Waals surface area contributed by atoms with Gasteiger partial charge in [0.2, 0.25) is 0 Å². The zero-order chi connectivity index (χ0) is 9.84. The van der Waals surface area contributed by atoms with Crippen molar-refractivity contribution < 1.29 is 4.52 Å². The minimum atomic E-state index is 0.874. The van der Waals surface area contributed by atoms with E-state index < -0.39 is 0 Å². The molecular weight excluding hydrogens is 199 g/mol. The van der Waals surface area contributed by atoms with Crippen LogP contribution in [-0.2, 0) is 6.42 Å². The molecule has 13 heavy (non-hydrogen) atoms. The van der Waals surface area contributed by atoms with Crippen LogP contribution in [0.1, 0.15) is 23.6 Å². The number of hydrogen-bond donors (Lipinski definition) is 0. The van der Waals surface area contributed by atoms with E-state index in [9.17, 15) is 0 Å². The van der Waals surface area contributed by atoms with Crippen molar-refractivity contribution in [1.29, 1.82) is 0 Å². The number of aryl methyl sites for hydroxylation is 1. The van der Waals surface area contributed by atoms with E-state index in [-0.39, 0.29) is 0 Å². The summed E-state index contributed by atoms with van der Waals surface area (Å²) in [7, 11) is 2.27. The first-order valence-corrected chi connectivity index (χ1v) is 5.13. The highest BCUT2D eigenvalue weighted by atomic mass is 32.1. The predicted octanol–water partition coefficient (Wildman–Crippen LogP) is 3.07. The van der Waals surface area contributed by atoms with Crippen molar-refractivity contribution in [2.75, 3.05) is 0 Å². The van der Waals surface area contributed by atoms with E-state index in [1.807, 2.05) is 6.07 Å². The Bertz CT molecular complexity index is 323. The van der Waals surface area contributed by atoms with Gasteiger partial charge in [0.05, 0.1) is 9.47 Å². The number of thiocarbonyl (C=S) groups is 1. The zero-order valence-electron chi connectivity index (χ0n) is 7.83. The Balaban J connectivity index is 3.31. The third-order valence-electron chi connectivity index (χ3n) is 2.17. The summed E-state index contributed by atoms with van der Waals surface area (Å²) < 4.78 is 5.23. The van der Waals surface area contributed by atoms with Gasteiger partial charge in [-0.25, -0.2) is 0 Å². The minimum absolute atomic E-state index is 0.874. The van der Waals surface area contributed by atoms with Gasteiger partial charge in [0, 0.05) is 10.9 Å². The van der Waals surface area contributed by atoms with Crippen LogP contribution in [0.2, 0.25) is 0 Å². The molecule has 0 aliphatic rings. The molecule has 1 aromatic rings. The lowest BCUT2D eigenvalue weighted by molar-refractivity contribution is 0.636. The van der Waals surface area contributed by atoms with Gasteiger partial charge in [0.15, 0.2) is 0 Å². The quantitative estimate of drug-likeness (QED) is 0.562. The van der Waals surface area contributed by atoms with E-state index in [0.717, 1.165) is 17.7 Å². The molecule has 0 aliphatic heterocycles. The third-order valence-corrected chi connectivity index (χ3v) is 2.66. The largest absolute Gasteiger partial charge is 0.479 e. The summed E-state index contributed by atoms with van der Waals surface area (Å²) in [4.78, 5) is 0. The van der Waals surface area contributed by atoms with Crippen molar-refractivity contribution in [3.05, 3.63) is 28.8 Å². The van der Waals surface area contributed by atoms with Crippen molar-refractivity contribution in [3.63, 3.8) is 0 Å². The first kappa shape index (κ1) is 10.6. The summed E-state index contributed by atoms with van der Waals surface area (Å²) in [6.07, 6.45) is 1.02. The zero-order valence-corrected chi connectivity index (χ0v) is 9.80. The fourth-order valence-electron chi connectivity index (χ4n) is 1.39. The van der Waals surface area contributed by atoms with Crippen molar-refractivity contribution in [1.82, 2.24) is 0 Å². The van der Waals surface area contributed by atoms with E-state index in [2.05, 4.69) is 29.4 Å². The van der Waals surface area contributed by atoms with Crippen LogP contribution < -0.4 is 4.52 Å². The lowest BCUT2D eigenvalue weighted by Gasteiger charge is -2.11. The van der Waals surface area contributed by atoms with Gasteiger partial charge in [0.25, 0.3) is 0 Å². The summed E-state index contributed by atoms with van der Waals surface area (Å²) in [5, 5.41) is 1.64. The molecule has 0 fully saturated rings. The molecule has 0 saturated carbocycles. The monoisotopic (exact) mass is 212 g/mol. The van der Waals surface area contributed by atoms with E-state index in [4.69, 9.17) is 16.7 Å². The molecule has 1 rings (SSSR count). The van der Waals surface area contributed by atoms with Crippen LogP contribution in [0.5, 0.6) is 5.75 Å². The molecule has 0 N–H and O–H groups in total. The maximum absolute atomic E-state index is 5.23. The second-order valence-electron chi connectivity index (χ2n) is 2.86. The molecule has 0 aliphatic carbocycles. The minimum Gasteiger partial charge on any atom is -0.479 e. The molecule has 0 amide bonds. The molecule has 0 bridgehead atoms. The average Bonchev–Trinajstić information content (AvgIpc) is 2.17. The summed E-state index contributed by atoms with van der Waals surface area (Å²) >= 11 is 4.90. The molecule has 1 unspecified atom stereocenters. The maximum atomic E-state index is 5.23. The van der Waals surface area contributed by atoms with Gasteiger partial charge in [-0.3, -0.25) is 0 Å². The summed E-state index contributed by atoms with van der Waals surface area (Å²) in [5.74, 6) is 0.874. The smallest absolute Gasteiger partial charge is 0.133 e. The first-order valence-electron chi connectivity index (χ1n) is 4.19. The number of benzene rings is 1. The van der Waals surface area contributed by atoms with Crippen molar-refractivity contribution >= 4 is 27.1 Å². The molecule has 70 valence electrons. The van der Waals surface area contributed by atoms with Gasteiger partial charge < -0.3 is 4.52 Å². The Labute approximate surface area is 86.8 Å². The van der Waals surface area contributed by atoms with Gasteiger partial charge in [-0.1, -0.05) is 31.3 Å². The first-order chi connectivity index (χ1) is 6.24. The lowest BCUT2D eigenvalue weighted by Crippen LogP contribution is -1.94. The molecule has 0 saturated heterocycles. The molecule has 0 heterocycles. The Morgan fingerprint density at radius 1 is 1.54 bits per heavy atom. The van der Waals surface area contributed by atoms with Gasteiger partial charge in [-0.15, -0.1) is 0 Å². The van der Waals surface area contributed by atoms with Crippen LogP contribution in [0.3, 0.4) is 0 Å². The van der Waals surface area contributed by atoms with E-state index in [1.165, 1.54) is 11.1 Å². The second-order valence-corrected chi connectivity index (χ2v) is 3.33. The Kier molecular flexibility index (Phi) is 3.83. The number of hydrogen-bond acceptors (Lipinski definition) is 2. The van der Waals surface area contributed by atoms with Crippen LogP contribution >= 0.6 is 21.7 Å². The van der Waals surface area contributed by atoms with E-state index in [1.54, 1.807) is 5.37 Å². The maximum Gasteiger partial charge on any atom is 0.133 e. The van der Waals surface area contributed by atoms with E-state index >= 15 is 0 Å². The van der Waals surface area contributed by atoms with Crippen molar-refractivity contribution in [2.45, 2.75) is 20.3 Å². The number of rotatable bonds is 3. The van der Waals surface area contributed by atoms with E-state index in [0.29, 0.717) is 0 Å². The predicted molar refractivity (Wildman–Crippen MR) is 63.7 cm³/mol. The van der Waals surface area contributed by atoms with Crippen molar-refractivity contribution in [2.24, 2.45) is 0 Å². The highest BCUT2D eigenvalue weighted by Gasteiger charge is 2.07. The van der Waals surface area contributed by atoms with Gasteiger partial charge in [-0.2, -0.15) is 0 Å². The van der Waals surface area contributed by atoms with Crippen LogP contribution in [0.4, 0.5) is 0 Å². The third kappa shape index (κ3) is 2.07. The normalized spacial score (nSPS) is 9.77. The molecule has 0 spiro atoms. The van der Waals surface area contributed by atoms with Crippen LogP contribution in [-0.4, -0.2) is 5.37 Å². The standard InChI is InChI=1S/C10H13OPS/c1-3-8-4-5-9(6-13)10(11-12)7(8)2/h4-6H,3,12H2,1-2H3. The molecule has 1 aromatic carbocycles. The van der Waals surface area contributed by atoms with Crippen LogP contribution in [0.25, 0.3) is 0 Å². The fourth-order valence-corrected chi connectivity index (χ4v) is 1.88. The van der Waals surface area contributed by atoms with Gasteiger partial charge >= 0.3 is 0 Å². The molecule has 1 nitrogen and oxygen atoms in total. The van der Waals surface area contributed by atoms with Crippen molar-refractivity contribution in [3.8, 4) is 5.75 Å². The Hall–Kier alpha value is -0.460.